The van der Waals surface area contributed by atoms with Gasteiger partial charge in [0.1, 0.15) is 0 Å². The van der Waals surface area contributed by atoms with Crippen molar-refractivity contribution in [3.63, 3.8) is 0 Å². The maximum atomic E-state index is 12.2. The van der Waals surface area contributed by atoms with Gasteiger partial charge in [-0.3, -0.25) is 4.79 Å². The third-order valence-electron chi connectivity index (χ3n) is 2.73. The molecule has 0 spiro atoms. The van der Waals surface area contributed by atoms with Crippen LogP contribution in [-0.4, -0.2) is 15.6 Å². The van der Waals surface area contributed by atoms with Crippen LogP contribution in [0.5, 0.6) is 0 Å². The van der Waals surface area contributed by atoms with Crippen molar-refractivity contribution in [1.29, 1.82) is 0 Å². The number of carbonyl (C=O) groups excluding carboxylic acids is 1. The zero-order valence-corrected chi connectivity index (χ0v) is 11.4. The summed E-state index contributed by atoms with van der Waals surface area (Å²) in [6.45, 7) is 0. The number of hydrogen-bond donors (Lipinski definition) is 0. The lowest BCUT2D eigenvalue weighted by Gasteiger charge is -1.98. The first kappa shape index (κ1) is 11.9. The van der Waals surface area contributed by atoms with Crippen LogP contribution in [-0.2, 0) is 0 Å². The topological polar surface area (TPSA) is 48.0 Å². The Morgan fingerprint density at radius 2 is 2.00 bits per heavy atom. The monoisotopic (exact) mass is 316 g/mol. The van der Waals surface area contributed by atoms with E-state index in [-0.39, 0.29) is 5.78 Å². The summed E-state index contributed by atoms with van der Waals surface area (Å²) in [7, 11) is 0. The Morgan fingerprint density at radius 3 is 2.68 bits per heavy atom. The van der Waals surface area contributed by atoms with Crippen LogP contribution in [0.4, 0.5) is 0 Å². The summed E-state index contributed by atoms with van der Waals surface area (Å²) in [5.41, 5.74) is 1.92. The molecule has 0 aliphatic carbocycles. The van der Waals surface area contributed by atoms with Gasteiger partial charge in [-0.1, -0.05) is 18.2 Å². The molecule has 4 nitrogen and oxygen atoms in total. The molecule has 0 N–H and O–H groups in total. The smallest absolute Gasteiger partial charge is 0.200 e. The number of hydrogen-bond acceptors (Lipinski definition) is 3. The van der Waals surface area contributed by atoms with Crippen LogP contribution in [0.15, 0.2) is 64.1 Å². The molecule has 0 saturated heterocycles. The Balaban J connectivity index is 1.94. The van der Waals surface area contributed by atoms with E-state index in [1.165, 1.54) is 6.26 Å². The molecule has 1 aromatic carbocycles. The highest BCUT2D eigenvalue weighted by atomic mass is 79.9. The second kappa shape index (κ2) is 4.85. The minimum absolute atomic E-state index is 0.122. The quantitative estimate of drug-likeness (QED) is 0.695. The highest BCUT2D eigenvalue weighted by Crippen LogP contribution is 2.21. The molecule has 0 saturated carbocycles. The standard InChI is InChI=1S/C14H9BrN2O2/c15-14-12(6-7-19-14)13(18)10-8-16-17(9-10)11-4-2-1-3-5-11/h1-9H. The molecule has 94 valence electrons. The fourth-order valence-corrected chi connectivity index (χ4v) is 2.19. The molecule has 3 rings (SSSR count). The molecule has 2 heterocycles. The molecule has 0 bridgehead atoms. The van der Waals surface area contributed by atoms with Gasteiger partial charge in [-0.05, 0) is 34.1 Å². The molecule has 0 fully saturated rings. The lowest BCUT2D eigenvalue weighted by Crippen LogP contribution is -1.99. The highest BCUT2D eigenvalue weighted by Gasteiger charge is 2.16. The van der Waals surface area contributed by atoms with Crippen LogP contribution >= 0.6 is 15.9 Å². The number of para-hydroxylation sites is 1. The lowest BCUT2D eigenvalue weighted by atomic mass is 10.1. The molecule has 0 aliphatic rings. The molecule has 0 aliphatic heterocycles. The molecule has 3 aromatic rings. The molecule has 0 radical (unpaired) electrons. The van der Waals surface area contributed by atoms with Gasteiger partial charge in [-0.15, -0.1) is 0 Å². The number of benzene rings is 1. The summed E-state index contributed by atoms with van der Waals surface area (Å²) >= 11 is 3.20. The van der Waals surface area contributed by atoms with E-state index < -0.39 is 0 Å². The van der Waals surface area contributed by atoms with Crippen molar-refractivity contribution in [3.05, 3.63) is 70.9 Å². The molecular formula is C14H9BrN2O2. The van der Waals surface area contributed by atoms with Gasteiger partial charge in [0.15, 0.2) is 4.67 Å². The van der Waals surface area contributed by atoms with E-state index in [0.717, 1.165) is 5.69 Å². The minimum Gasteiger partial charge on any atom is -0.457 e. The molecule has 2 aromatic heterocycles. The predicted octanol–water partition coefficient (Wildman–Crippen LogP) is 3.46. The van der Waals surface area contributed by atoms with Crippen LogP contribution in [0.25, 0.3) is 5.69 Å². The van der Waals surface area contributed by atoms with E-state index >= 15 is 0 Å². The SMILES string of the molecule is O=C(c1cnn(-c2ccccc2)c1)c1ccoc1Br. The third kappa shape index (κ3) is 2.24. The zero-order chi connectivity index (χ0) is 13.2. The maximum Gasteiger partial charge on any atom is 0.200 e. The Kier molecular flexibility index (Phi) is 3.05. The maximum absolute atomic E-state index is 12.2. The van der Waals surface area contributed by atoms with Crippen molar-refractivity contribution < 1.29 is 9.21 Å². The summed E-state index contributed by atoms with van der Waals surface area (Å²) in [5, 5.41) is 4.20. The fourth-order valence-electron chi connectivity index (χ4n) is 1.77. The van der Waals surface area contributed by atoms with Crippen LogP contribution in [0.3, 0.4) is 0 Å². The van der Waals surface area contributed by atoms with Crippen LogP contribution in [0, 0.1) is 0 Å². The van der Waals surface area contributed by atoms with Crippen LogP contribution < -0.4 is 0 Å². The first-order valence-electron chi connectivity index (χ1n) is 5.63. The summed E-state index contributed by atoms with van der Waals surface area (Å²) in [6, 6.07) is 11.3. The number of aromatic nitrogens is 2. The molecule has 0 atom stereocenters. The second-order valence-corrected chi connectivity index (χ2v) is 4.67. The Morgan fingerprint density at radius 1 is 1.21 bits per heavy atom. The van der Waals surface area contributed by atoms with E-state index in [1.54, 1.807) is 23.1 Å². The van der Waals surface area contributed by atoms with Gasteiger partial charge in [-0.2, -0.15) is 5.10 Å². The number of ketones is 1. The third-order valence-corrected chi connectivity index (χ3v) is 3.34. The van der Waals surface area contributed by atoms with Gasteiger partial charge in [0, 0.05) is 6.20 Å². The average Bonchev–Trinajstić information content (AvgIpc) is 3.08. The first-order valence-corrected chi connectivity index (χ1v) is 6.43. The molecule has 5 heteroatoms. The van der Waals surface area contributed by atoms with Crippen molar-refractivity contribution in [2.45, 2.75) is 0 Å². The van der Waals surface area contributed by atoms with Crippen molar-refractivity contribution in [2.75, 3.05) is 0 Å². The fraction of sp³-hybridized carbons (Fsp3) is 0. The van der Waals surface area contributed by atoms with E-state index in [1.807, 2.05) is 30.3 Å². The van der Waals surface area contributed by atoms with Gasteiger partial charge in [0.25, 0.3) is 0 Å². The van der Waals surface area contributed by atoms with Crippen LogP contribution in [0.2, 0.25) is 0 Å². The lowest BCUT2D eigenvalue weighted by molar-refractivity contribution is 0.103. The van der Waals surface area contributed by atoms with Gasteiger partial charge in [0.05, 0.1) is 29.3 Å². The predicted molar refractivity (Wildman–Crippen MR) is 73.4 cm³/mol. The van der Waals surface area contributed by atoms with E-state index in [9.17, 15) is 4.79 Å². The van der Waals surface area contributed by atoms with Gasteiger partial charge in [-0.25, -0.2) is 4.68 Å². The summed E-state index contributed by atoms with van der Waals surface area (Å²) in [6.07, 6.45) is 4.73. The van der Waals surface area contributed by atoms with Crippen molar-refractivity contribution >= 4 is 21.7 Å². The minimum atomic E-state index is -0.122. The average molecular weight is 317 g/mol. The number of carbonyl (C=O) groups is 1. The first-order chi connectivity index (χ1) is 9.25. The number of furan rings is 1. The van der Waals surface area contributed by atoms with Crippen LogP contribution in [0.1, 0.15) is 15.9 Å². The molecular weight excluding hydrogens is 308 g/mol. The largest absolute Gasteiger partial charge is 0.457 e. The summed E-state index contributed by atoms with van der Waals surface area (Å²) in [5.74, 6) is -0.122. The number of rotatable bonds is 3. The van der Waals surface area contributed by atoms with Crippen molar-refractivity contribution in [3.8, 4) is 5.69 Å². The zero-order valence-electron chi connectivity index (χ0n) is 9.79. The Labute approximate surface area is 117 Å². The summed E-state index contributed by atoms with van der Waals surface area (Å²) in [4.78, 5) is 12.2. The second-order valence-electron chi connectivity index (χ2n) is 3.95. The van der Waals surface area contributed by atoms with Gasteiger partial charge >= 0.3 is 0 Å². The van der Waals surface area contributed by atoms with Gasteiger partial charge in [0.2, 0.25) is 5.78 Å². The number of halogens is 1. The highest BCUT2D eigenvalue weighted by molar-refractivity contribution is 9.10. The van der Waals surface area contributed by atoms with Crippen molar-refractivity contribution in [2.24, 2.45) is 0 Å². The summed E-state index contributed by atoms with van der Waals surface area (Å²) < 4.78 is 7.17. The molecule has 19 heavy (non-hydrogen) atoms. The Bertz CT molecular complexity index is 716. The van der Waals surface area contributed by atoms with E-state index in [0.29, 0.717) is 15.8 Å². The van der Waals surface area contributed by atoms with E-state index in [4.69, 9.17) is 4.42 Å². The van der Waals surface area contributed by atoms with Crippen molar-refractivity contribution in [1.82, 2.24) is 9.78 Å². The van der Waals surface area contributed by atoms with E-state index in [2.05, 4.69) is 21.0 Å². The number of nitrogens with zero attached hydrogens (tertiary/aromatic N) is 2. The molecule has 0 amide bonds. The Hall–Kier alpha value is -2.14. The van der Waals surface area contributed by atoms with Gasteiger partial charge < -0.3 is 4.42 Å². The normalized spacial score (nSPS) is 10.6. The molecule has 0 unspecified atom stereocenters.